The first-order valence-electron chi connectivity index (χ1n) is 7.17. The second-order valence-corrected chi connectivity index (χ2v) is 5.95. The summed E-state index contributed by atoms with van der Waals surface area (Å²) in [6, 6.07) is 5.16. The van der Waals surface area contributed by atoms with Gasteiger partial charge < -0.3 is 9.47 Å². The number of carbonyl (C=O) groups excluding carboxylic acids is 1. The van der Waals surface area contributed by atoms with Gasteiger partial charge in [-0.15, -0.1) is 0 Å². The van der Waals surface area contributed by atoms with Gasteiger partial charge in [0.2, 0.25) is 0 Å². The quantitative estimate of drug-likeness (QED) is 0.784. The molecule has 0 aromatic heterocycles. The van der Waals surface area contributed by atoms with Crippen LogP contribution in [-0.2, 0) is 4.74 Å². The van der Waals surface area contributed by atoms with Crippen molar-refractivity contribution in [3.63, 3.8) is 0 Å². The van der Waals surface area contributed by atoms with Gasteiger partial charge in [-0.25, -0.2) is 0 Å². The maximum atomic E-state index is 12.4. The van der Waals surface area contributed by atoms with Gasteiger partial charge >= 0.3 is 0 Å². The van der Waals surface area contributed by atoms with E-state index in [1.807, 2.05) is 0 Å². The molecule has 0 amide bonds. The summed E-state index contributed by atoms with van der Waals surface area (Å²) in [7, 11) is 3.29. The molecule has 1 aliphatic rings. The highest BCUT2D eigenvalue weighted by atomic mass is 35.5. The van der Waals surface area contributed by atoms with Gasteiger partial charge in [-0.2, -0.15) is 0 Å². The van der Waals surface area contributed by atoms with Crippen LogP contribution in [-0.4, -0.2) is 50.6 Å². The molecule has 5 heteroatoms. The van der Waals surface area contributed by atoms with E-state index in [9.17, 15) is 4.79 Å². The minimum atomic E-state index is 0.0731. The summed E-state index contributed by atoms with van der Waals surface area (Å²) in [5.41, 5.74) is 0.619. The Kier molecular flexibility index (Phi) is 5.62. The van der Waals surface area contributed by atoms with E-state index < -0.39 is 0 Å². The van der Waals surface area contributed by atoms with Gasteiger partial charge in [0.15, 0.2) is 5.78 Å². The number of Topliss-reactive ketones (excluding diaryl/α,β-unsaturated/α-hetero) is 1. The molecule has 1 saturated heterocycles. The minimum Gasteiger partial charge on any atom is -0.495 e. The summed E-state index contributed by atoms with van der Waals surface area (Å²) < 4.78 is 10.6. The standard InChI is InChI=1S/C16H22ClNO3/c1-11-6-7-18(10-16(11)21-3)9-14(19)12-4-5-15(20-2)13(17)8-12/h4-5,8,11,16H,6-7,9-10H2,1-3H3. The van der Waals surface area contributed by atoms with Gasteiger partial charge in [-0.1, -0.05) is 18.5 Å². The zero-order valence-corrected chi connectivity index (χ0v) is 13.5. The first-order valence-corrected chi connectivity index (χ1v) is 7.54. The number of benzene rings is 1. The number of hydrogen-bond acceptors (Lipinski definition) is 4. The molecule has 0 radical (unpaired) electrons. The minimum absolute atomic E-state index is 0.0731. The molecule has 0 N–H and O–H groups in total. The summed E-state index contributed by atoms with van der Waals surface area (Å²) in [6.07, 6.45) is 1.25. The Hall–Kier alpha value is -1.10. The lowest BCUT2D eigenvalue weighted by Crippen LogP contribution is -2.45. The third-order valence-electron chi connectivity index (χ3n) is 4.12. The van der Waals surface area contributed by atoms with Crippen molar-refractivity contribution in [2.75, 3.05) is 33.9 Å². The Bertz CT molecular complexity index is 506. The summed E-state index contributed by atoms with van der Waals surface area (Å²) in [4.78, 5) is 14.5. The molecule has 2 unspecified atom stereocenters. The van der Waals surface area contributed by atoms with Crippen molar-refractivity contribution in [2.45, 2.75) is 19.4 Å². The largest absolute Gasteiger partial charge is 0.495 e. The molecule has 0 aliphatic carbocycles. The monoisotopic (exact) mass is 311 g/mol. The molecule has 2 atom stereocenters. The van der Waals surface area contributed by atoms with Gasteiger partial charge in [0.05, 0.1) is 24.8 Å². The summed E-state index contributed by atoms with van der Waals surface area (Å²) >= 11 is 6.07. The van der Waals surface area contributed by atoms with Crippen LogP contribution in [0.5, 0.6) is 5.75 Å². The number of nitrogens with zero attached hydrogens (tertiary/aromatic N) is 1. The Morgan fingerprint density at radius 2 is 2.19 bits per heavy atom. The van der Waals surface area contributed by atoms with Crippen molar-refractivity contribution in [3.8, 4) is 5.75 Å². The molecule has 0 bridgehead atoms. The molecule has 1 heterocycles. The van der Waals surface area contributed by atoms with Gasteiger partial charge in [0.1, 0.15) is 5.75 Å². The van der Waals surface area contributed by atoms with Crippen LogP contribution in [0, 0.1) is 5.92 Å². The van der Waals surface area contributed by atoms with Crippen molar-refractivity contribution in [3.05, 3.63) is 28.8 Å². The molecule has 0 saturated carbocycles. The predicted molar refractivity (Wildman–Crippen MR) is 83.4 cm³/mol. The van der Waals surface area contributed by atoms with Crippen molar-refractivity contribution in [1.29, 1.82) is 0 Å². The SMILES string of the molecule is COc1ccc(C(=O)CN2CCC(C)C(OC)C2)cc1Cl. The Morgan fingerprint density at radius 3 is 2.81 bits per heavy atom. The van der Waals surface area contributed by atoms with Crippen LogP contribution in [0.25, 0.3) is 0 Å². The fourth-order valence-electron chi connectivity index (χ4n) is 2.68. The predicted octanol–water partition coefficient (Wildman–Crippen LogP) is 2.89. The average Bonchev–Trinajstić information content (AvgIpc) is 2.49. The van der Waals surface area contributed by atoms with Crippen molar-refractivity contribution < 1.29 is 14.3 Å². The third-order valence-corrected chi connectivity index (χ3v) is 4.41. The van der Waals surface area contributed by atoms with E-state index >= 15 is 0 Å². The second-order valence-electron chi connectivity index (χ2n) is 5.55. The van der Waals surface area contributed by atoms with E-state index in [0.29, 0.717) is 28.8 Å². The fourth-order valence-corrected chi connectivity index (χ4v) is 2.94. The molecule has 4 nitrogen and oxygen atoms in total. The molecule has 116 valence electrons. The smallest absolute Gasteiger partial charge is 0.176 e. The van der Waals surface area contributed by atoms with E-state index in [0.717, 1.165) is 19.5 Å². The van der Waals surface area contributed by atoms with Crippen molar-refractivity contribution in [2.24, 2.45) is 5.92 Å². The van der Waals surface area contributed by atoms with Crippen LogP contribution >= 0.6 is 11.6 Å². The second kappa shape index (κ2) is 7.25. The molecular formula is C16H22ClNO3. The van der Waals surface area contributed by atoms with Gasteiger partial charge in [-0.05, 0) is 37.1 Å². The average molecular weight is 312 g/mol. The van der Waals surface area contributed by atoms with Crippen LogP contribution < -0.4 is 4.74 Å². The summed E-state index contributed by atoms with van der Waals surface area (Å²) in [5.74, 6) is 1.19. The van der Waals surface area contributed by atoms with E-state index in [-0.39, 0.29) is 11.9 Å². The molecule has 2 rings (SSSR count). The first kappa shape index (κ1) is 16.3. The zero-order valence-electron chi connectivity index (χ0n) is 12.8. The maximum Gasteiger partial charge on any atom is 0.176 e. The lowest BCUT2D eigenvalue weighted by molar-refractivity contribution is -0.00324. The Balaban J connectivity index is 1.99. The van der Waals surface area contributed by atoms with E-state index in [4.69, 9.17) is 21.1 Å². The zero-order chi connectivity index (χ0) is 15.4. The summed E-state index contributed by atoms with van der Waals surface area (Å²) in [6.45, 7) is 4.32. The normalized spacial score (nSPS) is 23.0. The molecule has 1 aromatic rings. The first-order chi connectivity index (χ1) is 10.0. The number of likely N-dealkylation sites (tertiary alicyclic amines) is 1. The van der Waals surface area contributed by atoms with Crippen LogP contribution in [0.4, 0.5) is 0 Å². The number of carbonyl (C=O) groups is 1. The molecular weight excluding hydrogens is 290 g/mol. The molecule has 1 fully saturated rings. The highest BCUT2D eigenvalue weighted by Gasteiger charge is 2.27. The number of ketones is 1. The van der Waals surface area contributed by atoms with Crippen LogP contribution in [0.1, 0.15) is 23.7 Å². The highest BCUT2D eigenvalue weighted by Crippen LogP contribution is 2.25. The number of rotatable bonds is 5. The molecule has 0 spiro atoms. The maximum absolute atomic E-state index is 12.4. The van der Waals surface area contributed by atoms with E-state index in [1.165, 1.54) is 0 Å². The van der Waals surface area contributed by atoms with E-state index in [2.05, 4.69) is 11.8 Å². The van der Waals surface area contributed by atoms with Crippen LogP contribution in [0.3, 0.4) is 0 Å². The Morgan fingerprint density at radius 1 is 1.43 bits per heavy atom. The van der Waals surface area contributed by atoms with Gasteiger partial charge in [0, 0.05) is 19.2 Å². The van der Waals surface area contributed by atoms with Crippen molar-refractivity contribution >= 4 is 17.4 Å². The number of halogens is 1. The summed E-state index contributed by atoms with van der Waals surface area (Å²) in [5, 5.41) is 0.463. The molecule has 1 aromatic carbocycles. The van der Waals surface area contributed by atoms with Gasteiger partial charge in [-0.3, -0.25) is 9.69 Å². The molecule has 1 aliphatic heterocycles. The lowest BCUT2D eigenvalue weighted by atomic mass is 9.95. The van der Waals surface area contributed by atoms with E-state index in [1.54, 1.807) is 32.4 Å². The highest BCUT2D eigenvalue weighted by molar-refractivity contribution is 6.32. The topological polar surface area (TPSA) is 38.8 Å². The number of ether oxygens (including phenoxy) is 2. The number of methoxy groups -OCH3 is 2. The van der Waals surface area contributed by atoms with Crippen molar-refractivity contribution in [1.82, 2.24) is 4.90 Å². The fraction of sp³-hybridized carbons (Fsp3) is 0.562. The number of piperidine rings is 1. The van der Waals surface area contributed by atoms with Crippen LogP contribution in [0.15, 0.2) is 18.2 Å². The lowest BCUT2D eigenvalue weighted by Gasteiger charge is -2.35. The Labute approximate surface area is 131 Å². The van der Waals surface area contributed by atoms with Gasteiger partial charge in [0.25, 0.3) is 0 Å². The third kappa shape index (κ3) is 3.96. The van der Waals surface area contributed by atoms with Crippen LogP contribution in [0.2, 0.25) is 5.02 Å². The molecule has 21 heavy (non-hydrogen) atoms. The number of hydrogen-bond donors (Lipinski definition) is 0.